The largest absolute Gasteiger partial charge is 0.353 e. The average Bonchev–Trinajstić information content (AvgIpc) is 2.42. The predicted octanol–water partition coefficient (Wildman–Crippen LogP) is 2.05. The van der Waals surface area contributed by atoms with Crippen molar-refractivity contribution in [2.45, 2.75) is 64.9 Å². The second-order valence-corrected chi connectivity index (χ2v) is 6.90. The van der Waals surface area contributed by atoms with Crippen molar-refractivity contribution in [1.82, 2.24) is 0 Å². The van der Waals surface area contributed by atoms with Gasteiger partial charge >= 0.3 is 0 Å². The normalized spacial score (nSPS) is 49.0. The topological polar surface area (TPSA) is 72.6 Å². The van der Waals surface area contributed by atoms with E-state index in [2.05, 4.69) is 6.92 Å². The van der Waals surface area contributed by atoms with Gasteiger partial charge in [-0.05, 0) is 43.9 Å². The van der Waals surface area contributed by atoms with Gasteiger partial charge in [-0.3, -0.25) is 5.73 Å². The van der Waals surface area contributed by atoms with Crippen molar-refractivity contribution in [3.05, 3.63) is 0 Å². The van der Waals surface area contributed by atoms with E-state index >= 15 is 0 Å². The van der Waals surface area contributed by atoms with Crippen molar-refractivity contribution in [2.75, 3.05) is 0 Å². The third kappa shape index (κ3) is 2.71. The monoisotopic (exact) mass is 269 g/mol. The third-order valence-corrected chi connectivity index (χ3v) is 5.31. The standard InChI is InChI=1S/C15H27NO3/c1-10(9-17)12-5-4-7-14(3)8-6-11(2)19-15(16,18)13(12)14/h9-13,18H,4-8,16H2,1-3H3. The molecule has 6 unspecified atom stereocenters. The van der Waals surface area contributed by atoms with Gasteiger partial charge in [-0.25, -0.2) is 0 Å². The number of hydrogen-bond donors (Lipinski definition) is 2. The number of aldehydes is 1. The van der Waals surface area contributed by atoms with Crippen LogP contribution in [0.3, 0.4) is 0 Å². The van der Waals surface area contributed by atoms with Gasteiger partial charge in [0.05, 0.1) is 6.10 Å². The summed E-state index contributed by atoms with van der Waals surface area (Å²) in [5.74, 6) is -1.76. The fourth-order valence-corrected chi connectivity index (χ4v) is 4.32. The lowest BCUT2D eigenvalue weighted by Gasteiger charge is -2.51. The van der Waals surface area contributed by atoms with Crippen LogP contribution in [0.2, 0.25) is 0 Å². The number of nitrogens with two attached hydrogens (primary N) is 1. The maximum atomic E-state index is 11.2. The molecule has 1 saturated carbocycles. The Hall–Kier alpha value is -0.450. The van der Waals surface area contributed by atoms with Crippen LogP contribution in [0, 0.1) is 23.2 Å². The van der Waals surface area contributed by atoms with Gasteiger partial charge in [0.1, 0.15) is 6.29 Å². The average molecular weight is 269 g/mol. The molecule has 2 fully saturated rings. The van der Waals surface area contributed by atoms with Gasteiger partial charge in [0.15, 0.2) is 0 Å². The summed E-state index contributed by atoms with van der Waals surface area (Å²) in [6.07, 6.45) is 5.95. The van der Waals surface area contributed by atoms with E-state index in [9.17, 15) is 9.90 Å². The Morgan fingerprint density at radius 2 is 2.11 bits per heavy atom. The highest BCUT2D eigenvalue weighted by molar-refractivity contribution is 5.53. The molecule has 1 saturated heterocycles. The number of fused-ring (bicyclic) bond motifs is 1. The van der Waals surface area contributed by atoms with Crippen LogP contribution in [0.25, 0.3) is 0 Å². The maximum Gasteiger partial charge on any atom is 0.226 e. The summed E-state index contributed by atoms with van der Waals surface area (Å²) in [4.78, 5) is 11.2. The molecule has 2 rings (SSSR count). The molecule has 0 aromatic carbocycles. The summed E-state index contributed by atoms with van der Waals surface area (Å²) in [5, 5.41) is 10.6. The summed E-state index contributed by atoms with van der Waals surface area (Å²) in [6.45, 7) is 6.07. The van der Waals surface area contributed by atoms with Crippen LogP contribution >= 0.6 is 0 Å². The van der Waals surface area contributed by atoms with Gasteiger partial charge in [0, 0.05) is 11.8 Å². The van der Waals surface area contributed by atoms with Gasteiger partial charge in [-0.15, -0.1) is 0 Å². The first kappa shape index (κ1) is 14.9. The van der Waals surface area contributed by atoms with Crippen LogP contribution in [0.15, 0.2) is 0 Å². The number of carbonyl (C=O) groups excluding carboxylic acids is 1. The molecule has 6 atom stereocenters. The van der Waals surface area contributed by atoms with Gasteiger partial charge in [-0.1, -0.05) is 20.3 Å². The second-order valence-electron chi connectivity index (χ2n) is 6.90. The van der Waals surface area contributed by atoms with Crippen molar-refractivity contribution in [1.29, 1.82) is 0 Å². The van der Waals surface area contributed by atoms with E-state index in [4.69, 9.17) is 10.5 Å². The van der Waals surface area contributed by atoms with Gasteiger partial charge in [-0.2, -0.15) is 0 Å². The lowest BCUT2D eigenvalue weighted by Crippen LogP contribution is -2.59. The molecule has 1 aliphatic heterocycles. The molecule has 2 aliphatic rings. The Morgan fingerprint density at radius 1 is 1.42 bits per heavy atom. The maximum absolute atomic E-state index is 11.2. The fraction of sp³-hybridized carbons (Fsp3) is 0.933. The highest BCUT2D eigenvalue weighted by Crippen LogP contribution is 2.54. The van der Waals surface area contributed by atoms with Gasteiger partial charge < -0.3 is 14.6 Å². The lowest BCUT2D eigenvalue weighted by molar-refractivity contribution is -0.279. The number of aliphatic hydroxyl groups is 1. The predicted molar refractivity (Wildman–Crippen MR) is 73.1 cm³/mol. The van der Waals surface area contributed by atoms with E-state index in [0.29, 0.717) is 0 Å². The molecule has 0 spiro atoms. The van der Waals surface area contributed by atoms with Crippen LogP contribution in [0.4, 0.5) is 0 Å². The van der Waals surface area contributed by atoms with Crippen molar-refractivity contribution in [3.8, 4) is 0 Å². The summed E-state index contributed by atoms with van der Waals surface area (Å²) in [6, 6.07) is 0. The van der Waals surface area contributed by atoms with E-state index in [0.717, 1.165) is 38.4 Å². The number of rotatable bonds is 2. The molecule has 0 radical (unpaired) electrons. The molecular formula is C15H27NO3. The number of carbonyl (C=O) groups is 1. The van der Waals surface area contributed by atoms with Crippen LogP contribution < -0.4 is 5.73 Å². The Balaban J connectivity index is 2.38. The summed E-state index contributed by atoms with van der Waals surface area (Å²) >= 11 is 0. The van der Waals surface area contributed by atoms with Crippen LogP contribution in [0.1, 0.15) is 52.9 Å². The first-order chi connectivity index (χ1) is 8.80. The molecule has 0 amide bonds. The fourth-order valence-electron chi connectivity index (χ4n) is 4.32. The second kappa shape index (κ2) is 5.15. The van der Waals surface area contributed by atoms with Crippen LogP contribution in [-0.4, -0.2) is 23.4 Å². The summed E-state index contributed by atoms with van der Waals surface area (Å²) in [5.41, 5.74) is 6.08. The quantitative estimate of drug-likeness (QED) is 0.594. The summed E-state index contributed by atoms with van der Waals surface area (Å²) in [7, 11) is 0. The molecule has 3 N–H and O–H groups in total. The van der Waals surface area contributed by atoms with Crippen LogP contribution in [0.5, 0.6) is 0 Å². The molecule has 0 bridgehead atoms. The molecule has 4 nitrogen and oxygen atoms in total. The lowest BCUT2D eigenvalue weighted by atomic mass is 9.57. The van der Waals surface area contributed by atoms with Crippen molar-refractivity contribution < 1.29 is 14.6 Å². The SMILES string of the molecule is CC1CCC2(C)CCCC(C(C)C=O)C2C(N)(O)O1. The molecule has 1 heterocycles. The van der Waals surface area contributed by atoms with E-state index in [-0.39, 0.29) is 29.3 Å². The Morgan fingerprint density at radius 3 is 2.74 bits per heavy atom. The Labute approximate surface area is 115 Å². The molecule has 19 heavy (non-hydrogen) atoms. The number of ether oxygens (including phenoxy) is 1. The van der Waals surface area contributed by atoms with E-state index in [1.165, 1.54) is 0 Å². The molecule has 0 aromatic heterocycles. The molecule has 0 aromatic rings. The molecule has 4 heteroatoms. The van der Waals surface area contributed by atoms with Gasteiger partial charge in [0.25, 0.3) is 0 Å². The summed E-state index contributed by atoms with van der Waals surface area (Å²) < 4.78 is 5.68. The van der Waals surface area contributed by atoms with E-state index < -0.39 is 5.91 Å². The zero-order chi connectivity index (χ0) is 14.3. The highest BCUT2D eigenvalue weighted by atomic mass is 16.6. The molecular weight excluding hydrogens is 242 g/mol. The Kier molecular flexibility index (Phi) is 4.05. The minimum atomic E-state index is -1.62. The zero-order valence-electron chi connectivity index (χ0n) is 12.3. The van der Waals surface area contributed by atoms with Crippen LogP contribution in [-0.2, 0) is 9.53 Å². The smallest absolute Gasteiger partial charge is 0.226 e. The minimum Gasteiger partial charge on any atom is -0.353 e. The minimum absolute atomic E-state index is 0.0333. The molecule has 110 valence electrons. The first-order valence-corrected chi connectivity index (χ1v) is 7.44. The first-order valence-electron chi connectivity index (χ1n) is 7.44. The van der Waals surface area contributed by atoms with Crippen molar-refractivity contribution in [2.24, 2.45) is 28.9 Å². The van der Waals surface area contributed by atoms with E-state index in [1.54, 1.807) is 0 Å². The zero-order valence-corrected chi connectivity index (χ0v) is 12.3. The molecule has 1 aliphatic carbocycles. The highest BCUT2D eigenvalue weighted by Gasteiger charge is 2.55. The Bertz CT molecular complexity index is 344. The van der Waals surface area contributed by atoms with Crippen molar-refractivity contribution >= 4 is 6.29 Å². The van der Waals surface area contributed by atoms with E-state index in [1.807, 2.05) is 13.8 Å². The van der Waals surface area contributed by atoms with Crippen molar-refractivity contribution in [3.63, 3.8) is 0 Å². The van der Waals surface area contributed by atoms with Gasteiger partial charge in [0.2, 0.25) is 5.91 Å². The number of hydrogen-bond acceptors (Lipinski definition) is 4. The third-order valence-electron chi connectivity index (χ3n) is 5.31.